The molecule has 0 aliphatic carbocycles. The van der Waals surface area contributed by atoms with Crippen LogP contribution in [0.3, 0.4) is 0 Å². The van der Waals surface area contributed by atoms with E-state index in [0.717, 1.165) is 0 Å². The van der Waals surface area contributed by atoms with E-state index in [4.69, 9.17) is 14.9 Å². The zero-order valence-corrected chi connectivity index (χ0v) is 11.0. The van der Waals surface area contributed by atoms with Gasteiger partial charge in [0.2, 0.25) is 0 Å². The number of ether oxygens (including phenoxy) is 1. The van der Waals surface area contributed by atoms with Crippen molar-refractivity contribution in [1.82, 2.24) is 0 Å². The summed E-state index contributed by atoms with van der Waals surface area (Å²) < 4.78 is 5.50. The monoisotopic (exact) mass is 266 g/mol. The maximum Gasteiger partial charge on any atom is 0.311 e. The lowest BCUT2D eigenvalue weighted by Crippen LogP contribution is -2.16. The Kier molecular flexibility index (Phi) is 5.36. The van der Waals surface area contributed by atoms with Crippen LogP contribution < -0.4 is 4.74 Å². The fraction of sp³-hybridized carbons (Fsp3) is 0.429. The first-order valence-electron chi connectivity index (χ1n) is 6.07. The molecular weight excluding hydrogens is 248 g/mol. The Balaban J connectivity index is 2.88. The van der Waals surface area contributed by atoms with Crippen LogP contribution in [0.5, 0.6) is 5.75 Å². The molecule has 0 heterocycles. The summed E-state index contributed by atoms with van der Waals surface area (Å²) in [6.45, 7) is 4.54. The van der Waals surface area contributed by atoms with E-state index >= 15 is 0 Å². The fourth-order valence-electron chi connectivity index (χ4n) is 1.61. The van der Waals surface area contributed by atoms with Crippen molar-refractivity contribution in [3.05, 3.63) is 29.8 Å². The van der Waals surface area contributed by atoms with Crippen molar-refractivity contribution in [2.24, 2.45) is 5.92 Å². The van der Waals surface area contributed by atoms with Crippen LogP contribution in [0, 0.1) is 5.92 Å². The van der Waals surface area contributed by atoms with Gasteiger partial charge in [-0.2, -0.15) is 0 Å². The van der Waals surface area contributed by atoms with E-state index < -0.39 is 24.3 Å². The SMILES string of the molecule is CC(C)COc1cccc(C(CC(=O)O)C(=O)O)c1. The Morgan fingerprint density at radius 3 is 2.47 bits per heavy atom. The Labute approximate surface area is 111 Å². The van der Waals surface area contributed by atoms with Crippen LogP contribution in [0.2, 0.25) is 0 Å². The number of benzene rings is 1. The minimum absolute atomic E-state index is 0.359. The van der Waals surface area contributed by atoms with Crippen LogP contribution in [-0.4, -0.2) is 28.8 Å². The number of rotatable bonds is 7. The third-order valence-corrected chi connectivity index (χ3v) is 2.52. The van der Waals surface area contributed by atoms with Gasteiger partial charge in [0.1, 0.15) is 5.75 Å². The molecule has 1 rings (SSSR count). The lowest BCUT2D eigenvalue weighted by atomic mass is 9.96. The third kappa shape index (κ3) is 4.99. The van der Waals surface area contributed by atoms with Crippen LogP contribution in [0.15, 0.2) is 24.3 Å². The summed E-state index contributed by atoms with van der Waals surface area (Å²) in [7, 11) is 0. The first kappa shape index (κ1) is 15.0. The number of carboxylic acids is 2. The molecule has 1 aromatic carbocycles. The topological polar surface area (TPSA) is 83.8 Å². The Morgan fingerprint density at radius 2 is 1.95 bits per heavy atom. The Bertz CT molecular complexity index is 453. The summed E-state index contributed by atoms with van der Waals surface area (Å²) in [5.74, 6) is -2.43. The highest BCUT2D eigenvalue weighted by Gasteiger charge is 2.23. The van der Waals surface area contributed by atoms with E-state index in [1.54, 1.807) is 24.3 Å². The standard InChI is InChI=1S/C14H18O5/c1-9(2)8-19-11-5-3-4-10(6-11)12(14(17)18)7-13(15)16/h3-6,9,12H,7-8H2,1-2H3,(H,15,16)(H,17,18). The molecular formula is C14H18O5. The van der Waals surface area contributed by atoms with Crippen LogP contribution in [-0.2, 0) is 9.59 Å². The summed E-state index contributed by atoms with van der Waals surface area (Å²) >= 11 is 0. The molecule has 0 aliphatic rings. The number of carbonyl (C=O) groups is 2. The molecule has 1 atom stereocenters. The Hall–Kier alpha value is -2.04. The van der Waals surface area contributed by atoms with Gasteiger partial charge in [-0.25, -0.2) is 0 Å². The van der Waals surface area contributed by atoms with Gasteiger partial charge in [-0.1, -0.05) is 26.0 Å². The second-order valence-corrected chi connectivity index (χ2v) is 4.77. The number of hydrogen-bond donors (Lipinski definition) is 2. The fourth-order valence-corrected chi connectivity index (χ4v) is 1.61. The molecule has 5 heteroatoms. The van der Waals surface area contributed by atoms with Crippen LogP contribution in [0.25, 0.3) is 0 Å². The molecule has 104 valence electrons. The minimum Gasteiger partial charge on any atom is -0.493 e. The highest BCUT2D eigenvalue weighted by atomic mass is 16.5. The predicted molar refractivity (Wildman–Crippen MR) is 69.4 cm³/mol. The van der Waals surface area contributed by atoms with Gasteiger partial charge in [0.25, 0.3) is 0 Å². The van der Waals surface area contributed by atoms with Crippen molar-refractivity contribution in [2.45, 2.75) is 26.2 Å². The summed E-state index contributed by atoms with van der Waals surface area (Å²) in [5, 5.41) is 17.8. The normalized spacial score (nSPS) is 12.2. The van der Waals surface area contributed by atoms with Crippen molar-refractivity contribution in [1.29, 1.82) is 0 Å². The molecule has 0 aromatic heterocycles. The van der Waals surface area contributed by atoms with E-state index in [1.165, 1.54) is 0 Å². The molecule has 5 nitrogen and oxygen atoms in total. The molecule has 2 N–H and O–H groups in total. The van der Waals surface area contributed by atoms with E-state index in [0.29, 0.717) is 23.8 Å². The second kappa shape index (κ2) is 6.78. The van der Waals surface area contributed by atoms with Gasteiger partial charge in [0, 0.05) is 0 Å². The van der Waals surface area contributed by atoms with Gasteiger partial charge in [-0.05, 0) is 23.6 Å². The van der Waals surface area contributed by atoms with Crippen molar-refractivity contribution in [3.8, 4) is 5.75 Å². The average Bonchev–Trinajstić information content (AvgIpc) is 2.33. The van der Waals surface area contributed by atoms with Gasteiger partial charge in [0.05, 0.1) is 18.9 Å². The van der Waals surface area contributed by atoms with Gasteiger partial charge in [0.15, 0.2) is 0 Å². The van der Waals surface area contributed by atoms with Crippen LogP contribution in [0.1, 0.15) is 31.7 Å². The van der Waals surface area contributed by atoms with Crippen LogP contribution in [0.4, 0.5) is 0 Å². The molecule has 0 aliphatic heterocycles. The molecule has 1 unspecified atom stereocenters. The molecule has 0 fully saturated rings. The molecule has 0 bridgehead atoms. The molecule has 1 aromatic rings. The first-order valence-corrected chi connectivity index (χ1v) is 6.07. The summed E-state index contributed by atoms with van der Waals surface area (Å²) in [5.41, 5.74) is 0.441. The summed E-state index contributed by atoms with van der Waals surface area (Å²) in [6.07, 6.45) is -0.442. The molecule has 0 saturated carbocycles. The number of hydrogen-bond acceptors (Lipinski definition) is 3. The van der Waals surface area contributed by atoms with E-state index in [1.807, 2.05) is 13.8 Å². The van der Waals surface area contributed by atoms with Crippen molar-refractivity contribution >= 4 is 11.9 Å². The zero-order valence-electron chi connectivity index (χ0n) is 11.0. The summed E-state index contributed by atoms with van der Waals surface area (Å²) in [4.78, 5) is 21.8. The Morgan fingerprint density at radius 1 is 1.26 bits per heavy atom. The molecule has 0 saturated heterocycles. The molecule has 0 amide bonds. The second-order valence-electron chi connectivity index (χ2n) is 4.77. The van der Waals surface area contributed by atoms with Crippen molar-refractivity contribution in [2.75, 3.05) is 6.61 Å². The maximum absolute atomic E-state index is 11.1. The van der Waals surface area contributed by atoms with Gasteiger partial charge >= 0.3 is 11.9 Å². The highest BCUT2D eigenvalue weighted by Crippen LogP contribution is 2.24. The van der Waals surface area contributed by atoms with Gasteiger partial charge in [-0.15, -0.1) is 0 Å². The molecule has 0 spiro atoms. The number of carboxylic acid groups (broad SMARTS) is 2. The van der Waals surface area contributed by atoms with Crippen molar-refractivity contribution < 1.29 is 24.5 Å². The quantitative estimate of drug-likeness (QED) is 0.791. The zero-order chi connectivity index (χ0) is 14.4. The largest absolute Gasteiger partial charge is 0.493 e. The minimum atomic E-state index is -1.15. The first-order chi connectivity index (χ1) is 8.90. The maximum atomic E-state index is 11.1. The molecule has 0 radical (unpaired) electrons. The lowest BCUT2D eigenvalue weighted by Gasteiger charge is -2.13. The smallest absolute Gasteiger partial charge is 0.311 e. The number of aliphatic carboxylic acids is 2. The summed E-state index contributed by atoms with van der Waals surface area (Å²) in [6, 6.07) is 6.59. The predicted octanol–water partition coefficient (Wildman–Crippen LogP) is 2.36. The van der Waals surface area contributed by atoms with E-state index in [9.17, 15) is 9.59 Å². The van der Waals surface area contributed by atoms with E-state index in [2.05, 4.69) is 0 Å². The van der Waals surface area contributed by atoms with Gasteiger partial charge in [-0.3, -0.25) is 9.59 Å². The lowest BCUT2D eigenvalue weighted by molar-refractivity contribution is -0.145. The third-order valence-electron chi connectivity index (χ3n) is 2.52. The van der Waals surface area contributed by atoms with E-state index in [-0.39, 0.29) is 0 Å². The van der Waals surface area contributed by atoms with Gasteiger partial charge < -0.3 is 14.9 Å². The van der Waals surface area contributed by atoms with Crippen LogP contribution >= 0.6 is 0 Å². The van der Waals surface area contributed by atoms with Crippen molar-refractivity contribution in [3.63, 3.8) is 0 Å². The average molecular weight is 266 g/mol. The highest BCUT2D eigenvalue weighted by molar-refractivity contribution is 5.82. The molecule has 19 heavy (non-hydrogen) atoms.